The van der Waals surface area contributed by atoms with Crippen molar-refractivity contribution in [2.75, 3.05) is 0 Å². The molecule has 0 fully saturated rings. The number of hydrogen-bond acceptors (Lipinski definition) is 1. The van der Waals surface area contributed by atoms with Crippen molar-refractivity contribution in [1.29, 1.82) is 0 Å². The highest BCUT2D eigenvalue weighted by molar-refractivity contribution is 6.35. The van der Waals surface area contributed by atoms with Gasteiger partial charge in [-0.3, -0.25) is 0 Å². The van der Waals surface area contributed by atoms with E-state index in [9.17, 15) is 0 Å². The Morgan fingerprint density at radius 3 is 2.82 bits per heavy atom. The van der Waals surface area contributed by atoms with Gasteiger partial charge < -0.3 is 4.42 Å². The normalized spacial score (nSPS) is 10.7. The molecule has 1 aromatic heterocycles. The number of benzene rings is 1. The summed E-state index contributed by atoms with van der Waals surface area (Å²) in [5, 5.41) is 2.84. The predicted molar refractivity (Wildman–Crippen MR) is 46.0 cm³/mol. The Bertz CT molecular complexity index is 389. The van der Waals surface area contributed by atoms with E-state index in [-0.39, 0.29) is 0 Å². The molecule has 0 saturated heterocycles. The summed E-state index contributed by atoms with van der Waals surface area (Å²) >= 11 is 5.91. The fourth-order valence-corrected chi connectivity index (χ4v) is 1.39. The standard InChI is InChI=1S/C9H7ClO/c1-6-7-3-2-4-9(10)8(7)5-11-6/h2-5H,1H3. The Kier molecular flexibility index (Phi) is 1.40. The summed E-state index contributed by atoms with van der Waals surface area (Å²) in [6.45, 7) is 1.93. The third kappa shape index (κ3) is 0.925. The molecule has 0 bridgehead atoms. The smallest absolute Gasteiger partial charge is 0.108 e. The zero-order valence-electron chi connectivity index (χ0n) is 6.10. The second-order valence-corrected chi connectivity index (χ2v) is 2.90. The van der Waals surface area contributed by atoms with E-state index >= 15 is 0 Å². The molecular formula is C9H7ClO. The number of halogens is 1. The minimum Gasteiger partial charge on any atom is -0.468 e. The molecular weight excluding hydrogens is 160 g/mol. The second-order valence-electron chi connectivity index (χ2n) is 2.49. The van der Waals surface area contributed by atoms with E-state index in [4.69, 9.17) is 16.0 Å². The first kappa shape index (κ1) is 6.74. The number of furan rings is 1. The third-order valence-electron chi connectivity index (χ3n) is 1.79. The average Bonchev–Trinajstić information content (AvgIpc) is 2.35. The van der Waals surface area contributed by atoms with Crippen LogP contribution < -0.4 is 0 Å². The first-order chi connectivity index (χ1) is 5.29. The van der Waals surface area contributed by atoms with Gasteiger partial charge >= 0.3 is 0 Å². The SMILES string of the molecule is Cc1occ2c(Cl)cccc12. The first-order valence-electron chi connectivity index (χ1n) is 3.41. The number of rotatable bonds is 0. The van der Waals surface area contributed by atoms with Crippen LogP contribution in [0.25, 0.3) is 10.8 Å². The van der Waals surface area contributed by atoms with Crippen LogP contribution in [0.15, 0.2) is 28.9 Å². The highest BCUT2D eigenvalue weighted by Gasteiger charge is 2.02. The lowest BCUT2D eigenvalue weighted by molar-refractivity contribution is 0.540. The molecule has 0 N–H and O–H groups in total. The maximum absolute atomic E-state index is 5.91. The average molecular weight is 167 g/mol. The Morgan fingerprint density at radius 2 is 2.09 bits per heavy atom. The van der Waals surface area contributed by atoms with Crippen molar-refractivity contribution in [3.63, 3.8) is 0 Å². The van der Waals surface area contributed by atoms with Crippen LogP contribution in [0.3, 0.4) is 0 Å². The second kappa shape index (κ2) is 2.28. The molecule has 2 heteroatoms. The lowest BCUT2D eigenvalue weighted by atomic mass is 10.2. The molecule has 0 atom stereocenters. The lowest BCUT2D eigenvalue weighted by Crippen LogP contribution is -1.67. The van der Waals surface area contributed by atoms with E-state index < -0.39 is 0 Å². The lowest BCUT2D eigenvalue weighted by Gasteiger charge is -1.90. The zero-order chi connectivity index (χ0) is 7.84. The van der Waals surface area contributed by atoms with Gasteiger partial charge in [0.25, 0.3) is 0 Å². The molecule has 0 unspecified atom stereocenters. The van der Waals surface area contributed by atoms with Crippen LogP contribution in [0.2, 0.25) is 5.02 Å². The van der Waals surface area contributed by atoms with Crippen molar-refractivity contribution in [2.24, 2.45) is 0 Å². The first-order valence-corrected chi connectivity index (χ1v) is 3.79. The van der Waals surface area contributed by atoms with Crippen molar-refractivity contribution in [3.8, 4) is 0 Å². The zero-order valence-corrected chi connectivity index (χ0v) is 6.85. The quantitative estimate of drug-likeness (QED) is 0.585. The Hall–Kier alpha value is -0.950. The summed E-state index contributed by atoms with van der Waals surface area (Å²) in [4.78, 5) is 0. The molecule has 0 spiro atoms. The fourth-order valence-electron chi connectivity index (χ4n) is 1.17. The number of aryl methyl sites for hydroxylation is 1. The van der Waals surface area contributed by atoms with Crippen molar-refractivity contribution < 1.29 is 4.42 Å². The summed E-state index contributed by atoms with van der Waals surface area (Å²) in [5.74, 6) is 0.919. The van der Waals surface area contributed by atoms with Gasteiger partial charge in [0.1, 0.15) is 5.76 Å². The van der Waals surface area contributed by atoms with Crippen molar-refractivity contribution in [3.05, 3.63) is 35.2 Å². The van der Waals surface area contributed by atoms with Crippen molar-refractivity contribution in [1.82, 2.24) is 0 Å². The van der Waals surface area contributed by atoms with Crippen LogP contribution in [0.1, 0.15) is 5.76 Å². The summed E-state index contributed by atoms with van der Waals surface area (Å²) in [6.07, 6.45) is 1.69. The maximum atomic E-state index is 5.91. The molecule has 2 aromatic rings. The molecule has 2 rings (SSSR count). The highest BCUT2D eigenvalue weighted by Crippen LogP contribution is 2.26. The molecule has 1 aromatic carbocycles. The van der Waals surface area contributed by atoms with Gasteiger partial charge in [0, 0.05) is 10.8 Å². The van der Waals surface area contributed by atoms with Gasteiger partial charge in [0.05, 0.1) is 11.3 Å². The van der Waals surface area contributed by atoms with Gasteiger partial charge in [-0.1, -0.05) is 23.7 Å². The molecule has 1 nitrogen and oxygen atoms in total. The van der Waals surface area contributed by atoms with E-state index in [1.807, 2.05) is 25.1 Å². The summed E-state index contributed by atoms with van der Waals surface area (Å²) in [6, 6.07) is 5.78. The topological polar surface area (TPSA) is 13.1 Å². The van der Waals surface area contributed by atoms with Crippen LogP contribution in [0, 0.1) is 6.92 Å². The van der Waals surface area contributed by atoms with E-state index in [1.54, 1.807) is 6.26 Å². The van der Waals surface area contributed by atoms with Crippen LogP contribution in [-0.4, -0.2) is 0 Å². The van der Waals surface area contributed by atoms with Gasteiger partial charge in [-0.2, -0.15) is 0 Å². The largest absolute Gasteiger partial charge is 0.468 e. The maximum Gasteiger partial charge on any atom is 0.108 e. The minimum absolute atomic E-state index is 0.749. The van der Waals surface area contributed by atoms with Crippen LogP contribution in [0.5, 0.6) is 0 Å². The molecule has 1 heterocycles. The van der Waals surface area contributed by atoms with Crippen molar-refractivity contribution in [2.45, 2.75) is 6.92 Å². The van der Waals surface area contributed by atoms with Gasteiger partial charge in [0.2, 0.25) is 0 Å². The molecule has 0 saturated carbocycles. The predicted octanol–water partition coefficient (Wildman–Crippen LogP) is 3.39. The van der Waals surface area contributed by atoms with Crippen LogP contribution in [0.4, 0.5) is 0 Å². The molecule has 0 aliphatic rings. The Labute approximate surface area is 69.6 Å². The van der Waals surface area contributed by atoms with E-state index in [0.29, 0.717) is 0 Å². The number of fused-ring (bicyclic) bond motifs is 1. The monoisotopic (exact) mass is 166 g/mol. The van der Waals surface area contributed by atoms with E-state index in [0.717, 1.165) is 21.6 Å². The summed E-state index contributed by atoms with van der Waals surface area (Å²) in [7, 11) is 0. The fraction of sp³-hybridized carbons (Fsp3) is 0.111. The Balaban J connectivity index is 2.94. The van der Waals surface area contributed by atoms with E-state index in [1.165, 1.54) is 0 Å². The molecule has 11 heavy (non-hydrogen) atoms. The molecule has 0 amide bonds. The van der Waals surface area contributed by atoms with Crippen LogP contribution in [-0.2, 0) is 0 Å². The summed E-state index contributed by atoms with van der Waals surface area (Å²) < 4.78 is 5.21. The van der Waals surface area contributed by atoms with Gasteiger partial charge in [-0.05, 0) is 13.0 Å². The Morgan fingerprint density at radius 1 is 1.27 bits per heavy atom. The third-order valence-corrected chi connectivity index (χ3v) is 2.12. The van der Waals surface area contributed by atoms with Gasteiger partial charge in [-0.15, -0.1) is 0 Å². The van der Waals surface area contributed by atoms with Crippen molar-refractivity contribution >= 4 is 22.4 Å². The van der Waals surface area contributed by atoms with Gasteiger partial charge in [0.15, 0.2) is 0 Å². The minimum atomic E-state index is 0.749. The molecule has 0 aliphatic heterocycles. The number of hydrogen-bond donors (Lipinski definition) is 0. The summed E-state index contributed by atoms with van der Waals surface area (Å²) in [5.41, 5.74) is 0. The van der Waals surface area contributed by atoms with E-state index in [2.05, 4.69) is 0 Å². The molecule has 56 valence electrons. The molecule has 0 radical (unpaired) electrons. The van der Waals surface area contributed by atoms with Crippen LogP contribution >= 0.6 is 11.6 Å². The molecule has 0 aliphatic carbocycles. The van der Waals surface area contributed by atoms with Gasteiger partial charge in [-0.25, -0.2) is 0 Å². The highest BCUT2D eigenvalue weighted by atomic mass is 35.5.